The fraction of sp³-hybridized carbons (Fsp3) is 0.625. The van der Waals surface area contributed by atoms with Crippen LogP contribution >= 0.6 is 15.9 Å². The highest BCUT2D eigenvalue weighted by Crippen LogP contribution is 2.42. The Bertz CT molecular complexity index is 435. The number of hydrogen-bond donors (Lipinski definition) is 1. The van der Waals surface area contributed by atoms with Crippen LogP contribution in [0.3, 0.4) is 0 Å². The molecule has 2 unspecified atom stereocenters. The maximum atomic E-state index is 14.0. The molecule has 0 aromatic heterocycles. The molecular weight excluding hydrogens is 305 g/mol. The van der Waals surface area contributed by atoms with Gasteiger partial charge in [0.25, 0.3) is 0 Å². The first kappa shape index (κ1) is 15.0. The molecule has 2 N–H and O–H groups in total. The van der Waals surface area contributed by atoms with Gasteiger partial charge in [0.1, 0.15) is 5.82 Å². The molecule has 1 aliphatic carbocycles. The van der Waals surface area contributed by atoms with E-state index in [0.717, 1.165) is 35.2 Å². The van der Waals surface area contributed by atoms with Crippen molar-refractivity contribution in [3.8, 4) is 0 Å². The summed E-state index contributed by atoms with van der Waals surface area (Å²) in [6.07, 6.45) is 6.81. The molecule has 1 aromatic rings. The van der Waals surface area contributed by atoms with Gasteiger partial charge in [-0.15, -0.1) is 0 Å². The van der Waals surface area contributed by atoms with Crippen LogP contribution in [0.15, 0.2) is 22.7 Å². The molecule has 0 bridgehead atoms. The molecule has 0 saturated heterocycles. The van der Waals surface area contributed by atoms with Crippen molar-refractivity contribution in [2.75, 3.05) is 6.54 Å². The fourth-order valence-electron chi connectivity index (χ4n) is 3.42. The van der Waals surface area contributed by atoms with E-state index < -0.39 is 0 Å². The summed E-state index contributed by atoms with van der Waals surface area (Å²) in [5, 5.41) is 0. The monoisotopic (exact) mass is 327 g/mol. The summed E-state index contributed by atoms with van der Waals surface area (Å²) in [6, 6.07) is 5.37. The summed E-state index contributed by atoms with van der Waals surface area (Å²) in [5.41, 5.74) is 6.97. The maximum Gasteiger partial charge on any atom is 0.127 e. The van der Waals surface area contributed by atoms with Crippen LogP contribution in [0.4, 0.5) is 4.39 Å². The molecule has 1 aliphatic rings. The van der Waals surface area contributed by atoms with Gasteiger partial charge < -0.3 is 5.73 Å². The molecular formula is C16H23BrFN. The van der Waals surface area contributed by atoms with Crippen molar-refractivity contribution in [3.63, 3.8) is 0 Å². The Kier molecular flexibility index (Phi) is 5.02. The van der Waals surface area contributed by atoms with E-state index in [1.807, 2.05) is 12.1 Å². The summed E-state index contributed by atoms with van der Waals surface area (Å²) in [4.78, 5) is 0. The minimum atomic E-state index is -0.110. The van der Waals surface area contributed by atoms with Crippen LogP contribution in [0.25, 0.3) is 0 Å². The fourth-order valence-corrected chi connectivity index (χ4v) is 3.75. The summed E-state index contributed by atoms with van der Waals surface area (Å²) in [5.74, 6) is 0.650. The molecule has 1 saturated carbocycles. The smallest absolute Gasteiger partial charge is 0.127 e. The second kappa shape index (κ2) is 6.36. The van der Waals surface area contributed by atoms with E-state index in [1.54, 1.807) is 6.07 Å². The highest BCUT2D eigenvalue weighted by atomic mass is 79.9. The minimum absolute atomic E-state index is 0.105. The van der Waals surface area contributed by atoms with Crippen LogP contribution in [-0.4, -0.2) is 6.54 Å². The van der Waals surface area contributed by atoms with Crippen LogP contribution in [0.2, 0.25) is 0 Å². The number of benzene rings is 1. The first-order chi connectivity index (χ1) is 9.08. The van der Waals surface area contributed by atoms with Crippen molar-refractivity contribution in [2.45, 2.75) is 45.4 Å². The zero-order valence-electron chi connectivity index (χ0n) is 11.6. The van der Waals surface area contributed by atoms with E-state index in [0.29, 0.717) is 6.54 Å². The van der Waals surface area contributed by atoms with Crippen molar-refractivity contribution >= 4 is 15.9 Å². The Balaban J connectivity index is 2.17. The Morgan fingerprint density at radius 2 is 2.26 bits per heavy atom. The van der Waals surface area contributed by atoms with Gasteiger partial charge in [0.2, 0.25) is 0 Å². The van der Waals surface area contributed by atoms with E-state index in [-0.39, 0.29) is 11.2 Å². The van der Waals surface area contributed by atoms with E-state index >= 15 is 0 Å². The van der Waals surface area contributed by atoms with Crippen LogP contribution in [0.1, 0.15) is 44.6 Å². The lowest BCUT2D eigenvalue weighted by molar-refractivity contribution is 0.141. The van der Waals surface area contributed by atoms with E-state index in [4.69, 9.17) is 5.73 Å². The molecule has 19 heavy (non-hydrogen) atoms. The third-order valence-electron chi connectivity index (χ3n) is 4.63. The lowest BCUT2D eigenvalue weighted by atomic mass is 9.66. The highest BCUT2D eigenvalue weighted by molar-refractivity contribution is 9.10. The summed E-state index contributed by atoms with van der Waals surface area (Å²) in [7, 11) is 0. The van der Waals surface area contributed by atoms with E-state index in [9.17, 15) is 4.39 Å². The Hall–Kier alpha value is -0.410. The Labute approximate surface area is 123 Å². The molecule has 106 valence electrons. The normalized spacial score (nSPS) is 27.5. The van der Waals surface area contributed by atoms with E-state index in [1.165, 1.54) is 19.3 Å². The first-order valence-electron chi connectivity index (χ1n) is 7.22. The quantitative estimate of drug-likeness (QED) is 0.853. The van der Waals surface area contributed by atoms with Gasteiger partial charge in [-0.2, -0.15) is 0 Å². The lowest BCUT2D eigenvalue weighted by Gasteiger charge is -2.40. The number of hydrogen-bond acceptors (Lipinski definition) is 1. The molecule has 0 aliphatic heterocycles. The highest BCUT2D eigenvalue weighted by Gasteiger charge is 2.35. The summed E-state index contributed by atoms with van der Waals surface area (Å²) < 4.78 is 14.8. The zero-order chi connectivity index (χ0) is 13.9. The lowest BCUT2D eigenvalue weighted by Crippen LogP contribution is -2.38. The molecule has 0 spiro atoms. The van der Waals surface area contributed by atoms with Crippen molar-refractivity contribution in [1.82, 2.24) is 0 Å². The largest absolute Gasteiger partial charge is 0.330 e. The first-order valence-corrected chi connectivity index (χ1v) is 8.02. The van der Waals surface area contributed by atoms with Gasteiger partial charge in [-0.05, 0) is 54.8 Å². The third-order valence-corrected chi connectivity index (χ3v) is 5.13. The zero-order valence-corrected chi connectivity index (χ0v) is 13.2. The molecule has 0 amide bonds. The SMILES string of the molecule is CCC1CCCC(CN)(Cc2ccc(Br)cc2F)C1. The number of halogens is 2. The van der Waals surface area contributed by atoms with Gasteiger partial charge in [0.05, 0.1) is 0 Å². The molecule has 0 heterocycles. The van der Waals surface area contributed by atoms with Crippen molar-refractivity contribution in [3.05, 3.63) is 34.1 Å². The molecule has 1 aromatic carbocycles. The van der Waals surface area contributed by atoms with Gasteiger partial charge in [-0.25, -0.2) is 4.39 Å². The predicted octanol–water partition coefficient (Wildman–Crippen LogP) is 4.68. The predicted molar refractivity (Wildman–Crippen MR) is 81.5 cm³/mol. The summed E-state index contributed by atoms with van der Waals surface area (Å²) in [6.45, 7) is 2.91. The standard InChI is InChI=1S/C16H23BrFN/c1-2-12-4-3-7-16(9-12,11-19)10-13-5-6-14(17)8-15(13)18/h5-6,8,12H,2-4,7,9-11,19H2,1H3. The molecule has 2 atom stereocenters. The van der Waals surface area contributed by atoms with Crippen molar-refractivity contribution in [1.29, 1.82) is 0 Å². The number of rotatable bonds is 4. The Morgan fingerprint density at radius 1 is 1.47 bits per heavy atom. The molecule has 2 rings (SSSR count). The van der Waals surface area contributed by atoms with Crippen LogP contribution in [-0.2, 0) is 6.42 Å². The minimum Gasteiger partial charge on any atom is -0.330 e. The Morgan fingerprint density at radius 3 is 2.89 bits per heavy atom. The van der Waals surface area contributed by atoms with Gasteiger partial charge >= 0.3 is 0 Å². The van der Waals surface area contributed by atoms with Gasteiger partial charge in [0.15, 0.2) is 0 Å². The average Bonchev–Trinajstić information content (AvgIpc) is 2.42. The second-order valence-electron chi connectivity index (χ2n) is 5.99. The molecule has 0 radical (unpaired) electrons. The summed E-state index contributed by atoms with van der Waals surface area (Å²) >= 11 is 3.31. The van der Waals surface area contributed by atoms with E-state index in [2.05, 4.69) is 22.9 Å². The molecule has 3 heteroatoms. The van der Waals surface area contributed by atoms with Gasteiger partial charge in [-0.1, -0.05) is 48.2 Å². The van der Waals surface area contributed by atoms with Crippen molar-refractivity contribution < 1.29 is 4.39 Å². The van der Waals surface area contributed by atoms with Gasteiger partial charge in [-0.3, -0.25) is 0 Å². The third kappa shape index (κ3) is 3.57. The van der Waals surface area contributed by atoms with Crippen LogP contribution < -0.4 is 5.73 Å². The molecule has 1 nitrogen and oxygen atoms in total. The maximum absolute atomic E-state index is 14.0. The van der Waals surface area contributed by atoms with Crippen LogP contribution in [0.5, 0.6) is 0 Å². The number of nitrogens with two attached hydrogens (primary N) is 1. The molecule has 1 fully saturated rings. The average molecular weight is 328 g/mol. The second-order valence-corrected chi connectivity index (χ2v) is 6.90. The van der Waals surface area contributed by atoms with Crippen LogP contribution in [0, 0.1) is 17.2 Å². The topological polar surface area (TPSA) is 26.0 Å². The van der Waals surface area contributed by atoms with Crippen molar-refractivity contribution in [2.24, 2.45) is 17.1 Å². The van der Waals surface area contributed by atoms with Gasteiger partial charge in [0, 0.05) is 4.47 Å².